The van der Waals surface area contributed by atoms with Crippen molar-refractivity contribution >= 4 is 10.9 Å². The van der Waals surface area contributed by atoms with E-state index in [1.54, 1.807) is 7.11 Å². The molecule has 3 N–H and O–H groups in total. The van der Waals surface area contributed by atoms with Crippen LogP contribution in [0, 0.1) is 6.92 Å². The Morgan fingerprint density at radius 3 is 2.65 bits per heavy atom. The molecule has 108 valence electrons. The molecule has 1 aromatic carbocycles. The predicted octanol–water partition coefficient (Wildman–Crippen LogP) is 3.65. The van der Waals surface area contributed by atoms with E-state index in [0.717, 1.165) is 17.8 Å². The minimum atomic E-state index is 0.142. The number of aromatic amines is 1. The van der Waals surface area contributed by atoms with E-state index < -0.39 is 0 Å². The second kappa shape index (κ2) is 5.13. The van der Waals surface area contributed by atoms with Gasteiger partial charge in [-0.1, -0.05) is 19.3 Å². The van der Waals surface area contributed by atoms with Crippen molar-refractivity contribution in [3.05, 3.63) is 29.5 Å². The van der Waals surface area contributed by atoms with Gasteiger partial charge in [0.25, 0.3) is 0 Å². The topological polar surface area (TPSA) is 51.0 Å². The summed E-state index contributed by atoms with van der Waals surface area (Å²) in [5.74, 6) is 0.934. The molecule has 0 spiro atoms. The molecule has 0 saturated heterocycles. The fourth-order valence-electron chi connectivity index (χ4n) is 3.64. The maximum atomic E-state index is 6.17. The summed E-state index contributed by atoms with van der Waals surface area (Å²) >= 11 is 0. The molecular formula is C17H24N2O. The van der Waals surface area contributed by atoms with Gasteiger partial charge in [0, 0.05) is 23.5 Å². The van der Waals surface area contributed by atoms with Crippen LogP contribution in [-0.4, -0.2) is 18.6 Å². The fourth-order valence-corrected chi connectivity index (χ4v) is 3.64. The Hall–Kier alpha value is -1.48. The summed E-state index contributed by atoms with van der Waals surface area (Å²) in [6, 6.07) is 4.51. The van der Waals surface area contributed by atoms with Crippen LogP contribution in [0.25, 0.3) is 10.9 Å². The molecule has 1 aromatic heterocycles. The molecule has 1 aliphatic rings. The molecule has 1 heterocycles. The molecule has 20 heavy (non-hydrogen) atoms. The van der Waals surface area contributed by atoms with E-state index in [4.69, 9.17) is 10.5 Å². The van der Waals surface area contributed by atoms with Gasteiger partial charge < -0.3 is 15.5 Å². The molecule has 3 nitrogen and oxygen atoms in total. The zero-order chi connectivity index (χ0) is 14.2. The number of methoxy groups -OCH3 is 1. The third-order valence-electron chi connectivity index (χ3n) is 4.99. The average Bonchev–Trinajstić information content (AvgIpc) is 2.88. The highest BCUT2D eigenvalue weighted by Gasteiger charge is 2.33. The zero-order valence-electron chi connectivity index (χ0n) is 12.5. The predicted molar refractivity (Wildman–Crippen MR) is 83.4 cm³/mol. The standard InChI is InChI=1S/C17H24N2O/c1-12-10-19-16-14(12)8-13(9-15(16)20-2)17(11-18)6-4-3-5-7-17/h8-10,19H,3-7,11,18H2,1-2H3. The van der Waals surface area contributed by atoms with Crippen molar-refractivity contribution in [2.24, 2.45) is 5.73 Å². The summed E-state index contributed by atoms with van der Waals surface area (Å²) in [4.78, 5) is 3.31. The molecule has 0 aliphatic heterocycles. The third-order valence-corrected chi connectivity index (χ3v) is 4.99. The number of nitrogens with one attached hydrogen (secondary N) is 1. The number of H-pyrrole nitrogens is 1. The number of hydrogen-bond donors (Lipinski definition) is 2. The first kappa shape index (κ1) is 13.5. The first-order chi connectivity index (χ1) is 9.70. The molecule has 0 atom stereocenters. The maximum Gasteiger partial charge on any atom is 0.143 e. The first-order valence-corrected chi connectivity index (χ1v) is 7.56. The van der Waals surface area contributed by atoms with Crippen molar-refractivity contribution in [2.45, 2.75) is 44.4 Å². The maximum absolute atomic E-state index is 6.17. The Morgan fingerprint density at radius 1 is 1.25 bits per heavy atom. The molecule has 2 aromatic rings. The van der Waals surface area contributed by atoms with E-state index in [1.807, 2.05) is 6.20 Å². The van der Waals surface area contributed by atoms with Crippen molar-refractivity contribution < 1.29 is 4.74 Å². The average molecular weight is 272 g/mol. The number of ether oxygens (including phenoxy) is 1. The number of rotatable bonds is 3. The minimum Gasteiger partial charge on any atom is -0.495 e. The second-order valence-electron chi connectivity index (χ2n) is 6.12. The van der Waals surface area contributed by atoms with Gasteiger partial charge in [0.05, 0.1) is 12.6 Å². The van der Waals surface area contributed by atoms with E-state index in [1.165, 1.54) is 48.6 Å². The van der Waals surface area contributed by atoms with Crippen LogP contribution in [-0.2, 0) is 5.41 Å². The van der Waals surface area contributed by atoms with Crippen molar-refractivity contribution in [3.8, 4) is 5.75 Å². The summed E-state index contributed by atoms with van der Waals surface area (Å²) in [5.41, 5.74) is 10.0. The van der Waals surface area contributed by atoms with Gasteiger partial charge in [0.2, 0.25) is 0 Å². The largest absolute Gasteiger partial charge is 0.495 e. The lowest BCUT2D eigenvalue weighted by Crippen LogP contribution is -2.37. The van der Waals surface area contributed by atoms with Gasteiger partial charge in [0.1, 0.15) is 5.75 Å². The third kappa shape index (κ3) is 2.01. The lowest BCUT2D eigenvalue weighted by Gasteiger charge is -2.37. The number of aryl methyl sites for hydroxylation is 1. The highest BCUT2D eigenvalue weighted by atomic mass is 16.5. The molecule has 1 aliphatic carbocycles. The second-order valence-corrected chi connectivity index (χ2v) is 6.12. The molecule has 0 bridgehead atoms. The Balaban J connectivity index is 2.17. The van der Waals surface area contributed by atoms with Crippen LogP contribution in [0.3, 0.4) is 0 Å². The monoisotopic (exact) mass is 272 g/mol. The van der Waals surface area contributed by atoms with Crippen LogP contribution in [0.5, 0.6) is 5.75 Å². The molecular weight excluding hydrogens is 248 g/mol. The van der Waals surface area contributed by atoms with Crippen molar-refractivity contribution in [1.82, 2.24) is 4.98 Å². The van der Waals surface area contributed by atoms with E-state index in [0.29, 0.717) is 0 Å². The van der Waals surface area contributed by atoms with Crippen LogP contribution >= 0.6 is 0 Å². The highest BCUT2D eigenvalue weighted by molar-refractivity contribution is 5.89. The number of nitrogens with two attached hydrogens (primary N) is 1. The summed E-state index contributed by atoms with van der Waals surface area (Å²) in [6.45, 7) is 2.86. The number of fused-ring (bicyclic) bond motifs is 1. The summed E-state index contributed by atoms with van der Waals surface area (Å²) in [7, 11) is 1.74. The van der Waals surface area contributed by atoms with Crippen LogP contribution in [0.1, 0.15) is 43.2 Å². The SMILES string of the molecule is COc1cc(C2(CN)CCCCC2)cc2c(C)c[nH]c12. The molecule has 1 saturated carbocycles. The molecule has 0 amide bonds. The normalized spacial score (nSPS) is 18.4. The first-order valence-electron chi connectivity index (χ1n) is 7.56. The Morgan fingerprint density at radius 2 is 2.00 bits per heavy atom. The molecule has 0 unspecified atom stereocenters. The van der Waals surface area contributed by atoms with Gasteiger partial charge in [-0.2, -0.15) is 0 Å². The van der Waals surface area contributed by atoms with E-state index in [2.05, 4.69) is 24.0 Å². The number of aromatic nitrogens is 1. The van der Waals surface area contributed by atoms with Gasteiger partial charge in [-0.15, -0.1) is 0 Å². The van der Waals surface area contributed by atoms with Crippen LogP contribution in [0.4, 0.5) is 0 Å². The number of benzene rings is 1. The molecule has 0 radical (unpaired) electrons. The van der Waals surface area contributed by atoms with E-state index >= 15 is 0 Å². The van der Waals surface area contributed by atoms with Crippen LogP contribution < -0.4 is 10.5 Å². The summed E-state index contributed by atoms with van der Waals surface area (Å²) in [5, 5.41) is 1.26. The van der Waals surface area contributed by atoms with Gasteiger partial charge in [-0.05, 0) is 43.0 Å². The smallest absolute Gasteiger partial charge is 0.143 e. The van der Waals surface area contributed by atoms with E-state index in [-0.39, 0.29) is 5.41 Å². The Kier molecular flexibility index (Phi) is 3.47. The van der Waals surface area contributed by atoms with Crippen LogP contribution in [0.15, 0.2) is 18.3 Å². The summed E-state index contributed by atoms with van der Waals surface area (Å²) in [6.07, 6.45) is 8.34. The van der Waals surface area contributed by atoms with Crippen molar-refractivity contribution in [3.63, 3.8) is 0 Å². The van der Waals surface area contributed by atoms with Gasteiger partial charge in [-0.3, -0.25) is 0 Å². The lowest BCUT2D eigenvalue weighted by molar-refractivity contribution is 0.300. The van der Waals surface area contributed by atoms with Crippen molar-refractivity contribution in [1.29, 1.82) is 0 Å². The minimum absolute atomic E-state index is 0.142. The molecule has 1 fully saturated rings. The van der Waals surface area contributed by atoms with Gasteiger partial charge >= 0.3 is 0 Å². The number of hydrogen-bond acceptors (Lipinski definition) is 2. The molecule has 3 heteroatoms. The van der Waals surface area contributed by atoms with Gasteiger partial charge in [-0.25, -0.2) is 0 Å². The molecule has 3 rings (SSSR count). The van der Waals surface area contributed by atoms with E-state index in [9.17, 15) is 0 Å². The van der Waals surface area contributed by atoms with Crippen molar-refractivity contribution in [2.75, 3.05) is 13.7 Å². The Labute approximate surface area is 120 Å². The quantitative estimate of drug-likeness (QED) is 0.896. The van der Waals surface area contributed by atoms with Gasteiger partial charge in [0.15, 0.2) is 0 Å². The van der Waals surface area contributed by atoms with Crippen LogP contribution in [0.2, 0.25) is 0 Å². The Bertz CT molecular complexity index is 609. The highest BCUT2D eigenvalue weighted by Crippen LogP contribution is 2.42. The zero-order valence-corrected chi connectivity index (χ0v) is 12.5. The fraction of sp³-hybridized carbons (Fsp3) is 0.529. The lowest BCUT2D eigenvalue weighted by atomic mass is 9.69. The summed E-state index contributed by atoms with van der Waals surface area (Å²) < 4.78 is 5.59.